The highest BCUT2D eigenvalue weighted by molar-refractivity contribution is 5.50. The van der Waals surface area contributed by atoms with E-state index in [0.29, 0.717) is 0 Å². The lowest BCUT2D eigenvalue weighted by atomic mass is 10.0. The fraction of sp³-hybridized carbons (Fsp3) is 0.571. The zero-order chi connectivity index (χ0) is 12.7. The Morgan fingerprint density at radius 3 is 2.76 bits per heavy atom. The van der Waals surface area contributed by atoms with Gasteiger partial charge in [0.15, 0.2) is 11.5 Å². The smallest absolute Gasteiger partial charge is 0.165 e. The third kappa shape index (κ3) is 2.91. The minimum absolute atomic E-state index is 0.170. The molecule has 0 saturated carbocycles. The van der Waals surface area contributed by atoms with Crippen molar-refractivity contribution in [2.75, 3.05) is 6.61 Å². The van der Waals surface area contributed by atoms with Gasteiger partial charge in [0.1, 0.15) is 12.2 Å². The zero-order valence-corrected chi connectivity index (χ0v) is 10.9. The molecule has 0 aromatic heterocycles. The second-order valence-corrected chi connectivity index (χ2v) is 5.88. The van der Waals surface area contributed by atoms with Crippen molar-refractivity contribution in [2.45, 2.75) is 45.3 Å². The highest BCUT2D eigenvalue weighted by Gasteiger charge is 2.32. The molecule has 1 aliphatic rings. The topological polar surface area (TPSA) is 38.7 Å². The molecule has 0 aliphatic carbocycles. The van der Waals surface area contributed by atoms with Gasteiger partial charge in [-0.2, -0.15) is 0 Å². The third-order valence-corrected chi connectivity index (χ3v) is 2.64. The molecule has 2 rings (SSSR count). The van der Waals surface area contributed by atoms with Crippen molar-refractivity contribution in [3.8, 4) is 11.5 Å². The molecule has 0 unspecified atom stereocenters. The van der Waals surface area contributed by atoms with E-state index in [4.69, 9.17) is 9.47 Å². The summed E-state index contributed by atoms with van der Waals surface area (Å²) >= 11 is 0. The SMILES string of the molecule is CC(C)(O)COc1cccc2c1OC(C)(C)C2. The maximum absolute atomic E-state index is 9.66. The van der Waals surface area contributed by atoms with E-state index in [2.05, 4.69) is 19.9 Å². The monoisotopic (exact) mass is 236 g/mol. The van der Waals surface area contributed by atoms with Crippen molar-refractivity contribution in [2.24, 2.45) is 0 Å². The largest absolute Gasteiger partial charge is 0.487 e. The molecule has 0 radical (unpaired) electrons. The molecule has 0 bridgehead atoms. The van der Waals surface area contributed by atoms with E-state index in [1.54, 1.807) is 13.8 Å². The van der Waals surface area contributed by atoms with Gasteiger partial charge in [0, 0.05) is 12.0 Å². The molecular weight excluding hydrogens is 216 g/mol. The highest BCUT2D eigenvalue weighted by Crippen LogP contribution is 2.41. The average molecular weight is 236 g/mol. The van der Waals surface area contributed by atoms with Gasteiger partial charge >= 0.3 is 0 Å². The van der Waals surface area contributed by atoms with Crippen molar-refractivity contribution in [1.82, 2.24) is 0 Å². The van der Waals surface area contributed by atoms with Crippen LogP contribution in [0.5, 0.6) is 11.5 Å². The quantitative estimate of drug-likeness (QED) is 0.876. The van der Waals surface area contributed by atoms with Crippen molar-refractivity contribution in [3.05, 3.63) is 23.8 Å². The fourth-order valence-corrected chi connectivity index (χ4v) is 1.96. The maximum Gasteiger partial charge on any atom is 0.165 e. The summed E-state index contributed by atoms with van der Waals surface area (Å²) in [5, 5.41) is 9.66. The Kier molecular flexibility index (Phi) is 2.82. The number of para-hydroxylation sites is 1. The van der Waals surface area contributed by atoms with Crippen molar-refractivity contribution < 1.29 is 14.6 Å². The van der Waals surface area contributed by atoms with Gasteiger partial charge in [-0.3, -0.25) is 0 Å². The molecule has 3 nitrogen and oxygen atoms in total. The van der Waals surface area contributed by atoms with Crippen LogP contribution >= 0.6 is 0 Å². The molecule has 1 heterocycles. The summed E-state index contributed by atoms with van der Waals surface area (Å²) in [6.07, 6.45) is 0.891. The Morgan fingerprint density at radius 2 is 2.12 bits per heavy atom. The Bertz CT molecular complexity index is 416. The average Bonchev–Trinajstić information content (AvgIpc) is 2.47. The molecule has 1 N–H and O–H groups in total. The number of rotatable bonds is 3. The van der Waals surface area contributed by atoms with Gasteiger partial charge in [0.25, 0.3) is 0 Å². The van der Waals surface area contributed by atoms with Crippen LogP contribution in [-0.4, -0.2) is 22.9 Å². The third-order valence-electron chi connectivity index (χ3n) is 2.64. The summed E-state index contributed by atoms with van der Waals surface area (Å²) in [4.78, 5) is 0. The van der Waals surface area contributed by atoms with Crippen LogP contribution in [-0.2, 0) is 6.42 Å². The van der Waals surface area contributed by atoms with Gasteiger partial charge in [-0.05, 0) is 33.8 Å². The first-order chi connectivity index (χ1) is 7.77. The number of hydrogen-bond acceptors (Lipinski definition) is 3. The molecule has 0 saturated heterocycles. The second kappa shape index (κ2) is 3.91. The van der Waals surface area contributed by atoms with E-state index in [0.717, 1.165) is 17.9 Å². The molecule has 3 heteroatoms. The Hall–Kier alpha value is -1.22. The van der Waals surface area contributed by atoms with Crippen LogP contribution in [0.15, 0.2) is 18.2 Å². The lowest BCUT2D eigenvalue weighted by Gasteiger charge is -2.21. The van der Waals surface area contributed by atoms with Crippen LogP contribution in [0.3, 0.4) is 0 Å². The van der Waals surface area contributed by atoms with Crippen LogP contribution in [0, 0.1) is 0 Å². The van der Waals surface area contributed by atoms with E-state index in [-0.39, 0.29) is 12.2 Å². The fourth-order valence-electron chi connectivity index (χ4n) is 1.96. The van der Waals surface area contributed by atoms with E-state index >= 15 is 0 Å². The Labute approximate surface area is 102 Å². The zero-order valence-electron chi connectivity index (χ0n) is 10.9. The van der Waals surface area contributed by atoms with Crippen LogP contribution in [0.1, 0.15) is 33.3 Å². The molecule has 1 aromatic carbocycles. The van der Waals surface area contributed by atoms with E-state index < -0.39 is 5.60 Å². The highest BCUT2D eigenvalue weighted by atomic mass is 16.5. The maximum atomic E-state index is 9.66. The van der Waals surface area contributed by atoms with Gasteiger partial charge in [-0.25, -0.2) is 0 Å². The lowest BCUT2D eigenvalue weighted by molar-refractivity contribution is 0.0264. The summed E-state index contributed by atoms with van der Waals surface area (Å²) in [5.74, 6) is 1.54. The molecule has 0 fully saturated rings. The molecular formula is C14H20O3. The number of aliphatic hydroxyl groups is 1. The molecule has 1 aromatic rings. The Morgan fingerprint density at radius 1 is 1.41 bits per heavy atom. The first-order valence-electron chi connectivity index (χ1n) is 5.93. The number of hydrogen-bond donors (Lipinski definition) is 1. The number of benzene rings is 1. The number of ether oxygens (including phenoxy) is 2. The van der Waals surface area contributed by atoms with Gasteiger partial charge in [0.2, 0.25) is 0 Å². The first-order valence-corrected chi connectivity index (χ1v) is 5.93. The summed E-state index contributed by atoms with van der Waals surface area (Å²) < 4.78 is 11.5. The molecule has 0 atom stereocenters. The predicted molar refractivity (Wildman–Crippen MR) is 66.6 cm³/mol. The molecule has 0 amide bonds. The summed E-state index contributed by atoms with van der Waals surface area (Å²) in [6, 6.07) is 5.90. The van der Waals surface area contributed by atoms with Crippen molar-refractivity contribution in [3.63, 3.8) is 0 Å². The lowest BCUT2D eigenvalue weighted by Crippen LogP contribution is -2.28. The van der Waals surface area contributed by atoms with Crippen LogP contribution in [0.2, 0.25) is 0 Å². The van der Waals surface area contributed by atoms with Crippen LogP contribution in [0.4, 0.5) is 0 Å². The van der Waals surface area contributed by atoms with Gasteiger partial charge < -0.3 is 14.6 Å². The van der Waals surface area contributed by atoms with E-state index in [9.17, 15) is 5.11 Å². The standard InChI is InChI=1S/C14H20O3/c1-13(2,15)9-16-11-7-5-6-10-8-14(3,4)17-12(10)11/h5-7,15H,8-9H2,1-4H3. The molecule has 1 aliphatic heterocycles. The van der Waals surface area contributed by atoms with E-state index in [1.807, 2.05) is 12.1 Å². The normalized spacial score (nSPS) is 17.5. The summed E-state index contributed by atoms with van der Waals surface area (Å²) in [7, 11) is 0. The van der Waals surface area contributed by atoms with E-state index in [1.165, 1.54) is 5.56 Å². The minimum Gasteiger partial charge on any atom is -0.487 e. The van der Waals surface area contributed by atoms with Gasteiger partial charge in [0.05, 0.1) is 5.60 Å². The Balaban J connectivity index is 2.19. The van der Waals surface area contributed by atoms with Gasteiger partial charge in [-0.1, -0.05) is 12.1 Å². The summed E-state index contributed by atoms with van der Waals surface area (Å²) in [6.45, 7) is 7.83. The molecule has 94 valence electrons. The first kappa shape index (κ1) is 12.2. The van der Waals surface area contributed by atoms with Crippen LogP contribution in [0.25, 0.3) is 0 Å². The van der Waals surface area contributed by atoms with Gasteiger partial charge in [-0.15, -0.1) is 0 Å². The van der Waals surface area contributed by atoms with Crippen molar-refractivity contribution >= 4 is 0 Å². The molecule has 17 heavy (non-hydrogen) atoms. The summed E-state index contributed by atoms with van der Waals surface area (Å²) in [5.41, 5.74) is 0.163. The molecule has 0 spiro atoms. The van der Waals surface area contributed by atoms with Crippen molar-refractivity contribution in [1.29, 1.82) is 0 Å². The minimum atomic E-state index is -0.836. The number of fused-ring (bicyclic) bond motifs is 1. The second-order valence-electron chi connectivity index (χ2n) is 5.88. The predicted octanol–water partition coefficient (Wildman–Crippen LogP) is 2.55. The van der Waals surface area contributed by atoms with Crippen LogP contribution < -0.4 is 9.47 Å².